The number of carboxylic acid groups (broad SMARTS) is 1. The second kappa shape index (κ2) is 4.00. The summed E-state index contributed by atoms with van der Waals surface area (Å²) in [5, 5.41) is 8.89. The Labute approximate surface area is 40.9 Å². The molecule has 0 aliphatic heterocycles. The third-order valence-corrected chi connectivity index (χ3v) is 0. The summed E-state index contributed by atoms with van der Waals surface area (Å²) in [6, 6.07) is 0. The summed E-state index contributed by atoms with van der Waals surface area (Å²) in [7, 11) is 0. The summed E-state index contributed by atoms with van der Waals surface area (Å²) in [5.74, 6) is -1.08. The van der Waals surface area contributed by atoms with Crippen molar-refractivity contribution in [3.63, 3.8) is 0 Å². The van der Waals surface area contributed by atoms with Gasteiger partial charge in [0.25, 0.3) is 0 Å². The van der Waals surface area contributed by atoms with Gasteiger partial charge in [0.1, 0.15) is 0 Å². The first-order valence-electron chi connectivity index (χ1n) is 0.908. The van der Waals surface area contributed by atoms with Crippen molar-refractivity contribution in [3.05, 3.63) is 0 Å². The Balaban J connectivity index is 0. The van der Waals surface area contributed by atoms with Crippen molar-refractivity contribution in [1.82, 2.24) is 0 Å². The second-order valence-electron chi connectivity index (χ2n) is 0.492. The van der Waals surface area contributed by atoms with Crippen LogP contribution in [0.2, 0.25) is 0 Å². The fraction of sp³-hybridized carbons (Fsp3) is 0.500. The number of carbonyl (C=O) groups excluding carboxylic acids is 1. The first-order chi connectivity index (χ1) is 1.73. The zero-order valence-electron chi connectivity index (χ0n) is 2.89. The molecule has 0 amide bonds. The van der Waals surface area contributed by atoms with E-state index in [1.165, 1.54) is 0 Å². The van der Waals surface area contributed by atoms with Crippen LogP contribution in [0.4, 0.5) is 0 Å². The van der Waals surface area contributed by atoms with E-state index in [-0.39, 0.29) is 17.4 Å². The van der Waals surface area contributed by atoms with E-state index in [2.05, 4.69) is 0 Å². The van der Waals surface area contributed by atoms with Crippen LogP contribution in [0.1, 0.15) is 6.92 Å². The molecule has 0 atom stereocenters. The fourth-order valence-electron chi connectivity index (χ4n) is 0. The largest absolute Gasteiger partial charge is 3.00 e. The Morgan fingerprint density at radius 2 is 1.80 bits per heavy atom. The molecule has 0 aromatic carbocycles. The van der Waals surface area contributed by atoms with E-state index in [0.717, 1.165) is 6.92 Å². The molecule has 0 saturated heterocycles. The predicted octanol–water partition coefficient (Wildman–Crippen LogP) is -1.62. The molecule has 0 fully saturated rings. The first kappa shape index (κ1) is 8.89. The van der Waals surface area contributed by atoms with Crippen molar-refractivity contribution >= 4 is 23.3 Å². The minimum atomic E-state index is -1.08. The SMILES string of the molecule is CC(=O)[O-].[Al+3]. The monoisotopic (exact) mass is 86.0 g/mol. The Morgan fingerprint density at radius 3 is 1.80 bits per heavy atom. The molecule has 0 heterocycles. The van der Waals surface area contributed by atoms with Crippen LogP contribution in [0.15, 0.2) is 0 Å². The maximum Gasteiger partial charge on any atom is 3.00 e. The van der Waals surface area contributed by atoms with E-state index in [4.69, 9.17) is 9.90 Å². The second-order valence-corrected chi connectivity index (χ2v) is 0.492. The maximum absolute atomic E-state index is 8.89. The average Bonchev–Trinajstić information content (AvgIpc) is 0.811. The van der Waals surface area contributed by atoms with E-state index >= 15 is 0 Å². The van der Waals surface area contributed by atoms with Gasteiger partial charge in [-0.1, -0.05) is 0 Å². The number of hydrogen-bond acceptors (Lipinski definition) is 2. The van der Waals surface area contributed by atoms with E-state index < -0.39 is 5.97 Å². The minimum Gasteiger partial charge on any atom is -0.550 e. The van der Waals surface area contributed by atoms with Crippen LogP contribution in [0.25, 0.3) is 0 Å². The molecule has 0 aliphatic carbocycles. The van der Waals surface area contributed by atoms with E-state index in [9.17, 15) is 0 Å². The van der Waals surface area contributed by atoms with Crippen LogP contribution >= 0.6 is 0 Å². The Bertz CT molecular complexity index is 30.6. The number of hydrogen-bond donors (Lipinski definition) is 0. The van der Waals surface area contributed by atoms with Crippen molar-refractivity contribution in [1.29, 1.82) is 0 Å². The zero-order chi connectivity index (χ0) is 3.58. The van der Waals surface area contributed by atoms with Crippen LogP contribution in [-0.2, 0) is 4.79 Å². The van der Waals surface area contributed by atoms with Crippen molar-refractivity contribution in [2.24, 2.45) is 0 Å². The normalized spacial score (nSPS) is 5.00. The van der Waals surface area contributed by atoms with Gasteiger partial charge in [0, 0.05) is 5.97 Å². The summed E-state index contributed by atoms with van der Waals surface area (Å²) in [4.78, 5) is 8.89. The van der Waals surface area contributed by atoms with Gasteiger partial charge in [-0.3, -0.25) is 0 Å². The topological polar surface area (TPSA) is 40.1 Å². The summed E-state index contributed by atoms with van der Waals surface area (Å²) in [5.41, 5.74) is 0. The summed E-state index contributed by atoms with van der Waals surface area (Å²) in [6.07, 6.45) is 0. The van der Waals surface area contributed by atoms with Crippen LogP contribution in [0, 0.1) is 0 Å². The van der Waals surface area contributed by atoms with Gasteiger partial charge in [0.15, 0.2) is 0 Å². The van der Waals surface area contributed by atoms with Crippen LogP contribution in [0.3, 0.4) is 0 Å². The van der Waals surface area contributed by atoms with Gasteiger partial charge in [0.05, 0.1) is 0 Å². The molecule has 0 spiro atoms. The van der Waals surface area contributed by atoms with E-state index in [1.54, 1.807) is 0 Å². The van der Waals surface area contributed by atoms with Gasteiger partial charge < -0.3 is 9.90 Å². The molecule has 5 heavy (non-hydrogen) atoms. The van der Waals surface area contributed by atoms with E-state index in [0.29, 0.717) is 0 Å². The Hall–Kier alpha value is 0.00247. The van der Waals surface area contributed by atoms with Crippen molar-refractivity contribution < 1.29 is 9.90 Å². The molecule has 2 nitrogen and oxygen atoms in total. The molecule has 0 saturated carbocycles. The Morgan fingerprint density at radius 1 is 1.80 bits per heavy atom. The molecule has 0 aromatic rings. The molecule has 0 unspecified atom stereocenters. The molecule has 0 radical (unpaired) electrons. The zero-order valence-corrected chi connectivity index (χ0v) is 4.05. The molecule has 0 N–H and O–H groups in total. The summed E-state index contributed by atoms with van der Waals surface area (Å²) < 4.78 is 0. The number of rotatable bonds is 0. The molecule has 0 bridgehead atoms. The summed E-state index contributed by atoms with van der Waals surface area (Å²) in [6.45, 7) is 0.972. The number of aliphatic carboxylic acids is 1. The molecular formula is C2H3AlO2+2. The summed E-state index contributed by atoms with van der Waals surface area (Å²) >= 11 is 0. The van der Waals surface area contributed by atoms with Crippen LogP contribution < -0.4 is 5.11 Å². The van der Waals surface area contributed by atoms with Crippen LogP contribution in [0.5, 0.6) is 0 Å². The quantitative estimate of drug-likeness (QED) is 0.332. The predicted molar refractivity (Wildman–Crippen MR) is 16.4 cm³/mol. The third kappa shape index (κ3) is 2640000. The molecule has 24 valence electrons. The van der Waals surface area contributed by atoms with Crippen molar-refractivity contribution in [2.45, 2.75) is 6.92 Å². The standard InChI is InChI=1S/C2H4O2.Al/c1-2(3)4;/h1H3,(H,3,4);/q;+3/p-1. The fourth-order valence-corrected chi connectivity index (χ4v) is 0. The van der Waals surface area contributed by atoms with Gasteiger partial charge in [0.2, 0.25) is 0 Å². The Kier molecular flexibility index (Phi) is 7.12. The molecular weight excluding hydrogens is 83.0 g/mol. The van der Waals surface area contributed by atoms with Gasteiger partial charge in [-0.25, -0.2) is 0 Å². The maximum atomic E-state index is 8.89. The van der Waals surface area contributed by atoms with Gasteiger partial charge in [-0.05, 0) is 6.92 Å². The molecule has 0 aromatic heterocycles. The van der Waals surface area contributed by atoms with Crippen LogP contribution in [-0.4, -0.2) is 23.3 Å². The molecule has 3 heteroatoms. The third-order valence-electron chi connectivity index (χ3n) is 0. The molecule has 0 rings (SSSR count). The van der Waals surface area contributed by atoms with Gasteiger partial charge in [-0.15, -0.1) is 0 Å². The average molecular weight is 86.0 g/mol. The molecule has 0 aliphatic rings. The van der Waals surface area contributed by atoms with Gasteiger partial charge in [-0.2, -0.15) is 0 Å². The van der Waals surface area contributed by atoms with Gasteiger partial charge >= 0.3 is 17.4 Å². The minimum absolute atomic E-state index is 0. The first-order valence-corrected chi connectivity index (χ1v) is 0.908. The number of carbonyl (C=O) groups is 1. The number of carboxylic acids is 1. The van der Waals surface area contributed by atoms with Crippen molar-refractivity contribution in [2.75, 3.05) is 0 Å². The smallest absolute Gasteiger partial charge is 0.550 e. The van der Waals surface area contributed by atoms with E-state index in [1.807, 2.05) is 0 Å². The van der Waals surface area contributed by atoms with Crippen molar-refractivity contribution in [3.8, 4) is 0 Å².